The fourth-order valence-corrected chi connectivity index (χ4v) is 4.18. The molecule has 102 valence electrons. The van der Waals surface area contributed by atoms with Crippen molar-refractivity contribution in [3.8, 4) is 0 Å². The second-order valence-electron chi connectivity index (χ2n) is 5.71. The Kier molecular flexibility index (Phi) is 2.69. The van der Waals surface area contributed by atoms with Gasteiger partial charge in [-0.15, -0.1) is 0 Å². The number of carbonyl (C=O) groups is 1. The van der Waals surface area contributed by atoms with Crippen molar-refractivity contribution in [3.05, 3.63) is 0 Å². The highest BCUT2D eigenvalue weighted by molar-refractivity contribution is 7.88. The smallest absolute Gasteiger partial charge is 0.303 e. The van der Waals surface area contributed by atoms with Crippen molar-refractivity contribution in [3.63, 3.8) is 0 Å². The van der Waals surface area contributed by atoms with Gasteiger partial charge >= 0.3 is 10.2 Å². The summed E-state index contributed by atoms with van der Waals surface area (Å²) in [6.45, 7) is 2.71. The number of nitrogens with one attached hydrogen (secondary N) is 1. The highest BCUT2D eigenvalue weighted by atomic mass is 32.2. The number of piperidine rings is 1. The van der Waals surface area contributed by atoms with Gasteiger partial charge in [-0.25, -0.2) is 4.31 Å². The lowest BCUT2D eigenvalue weighted by atomic mass is 9.87. The maximum absolute atomic E-state index is 12.1. The van der Waals surface area contributed by atoms with Crippen molar-refractivity contribution in [2.24, 2.45) is 5.92 Å². The minimum absolute atomic E-state index is 0.298. The Labute approximate surface area is 107 Å². The average molecular weight is 273 g/mol. The first kappa shape index (κ1) is 12.4. The van der Waals surface area contributed by atoms with Crippen molar-refractivity contribution in [2.75, 3.05) is 26.7 Å². The minimum Gasteiger partial charge on any atom is -0.303 e. The van der Waals surface area contributed by atoms with Gasteiger partial charge in [0.2, 0.25) is 0 Å². The summed E-state index contributed by atoms with van der Waals surface area (Å²) in [5.41, 5.74) is -0.867. The summed E-state index contributed by atoms with van der Waals surface area (Å²) in [5, 5.41) is 0. The first-order chi connectivity index (χ1) is 8.43. The van der Waals surface area contributed by atoms with Crippen LogP contribution in [-0.2, 0) is 15.0 Å². The number of hydrogen-bond acceptors (Lipinski definition) is 4. The summed E-state index contributed by atoms with van der Waals surface area (Å²) in [6, 6.07) is 0. The van der Waals surface area contributed by atoms with Crippen LogP contribution in [0.4, 0.5) is 0 Å². The number of likely N-dealkylation sites (N-methyl/N-ethyl adjacent to an activating group) is 1. The van der Waals surface area contributed by atoms with Gasteiger partial charge in [-0.1, -0.05) is 0 Å². The van der Waals surface area contributed by atoms with E-state index in [0.29, 0.717) is 12.8 Å². The SMILES string of the molecule is CN1C(=O)C2(CCN(CC3CC3)CC2)NS1(=O)=O. The Hall–Kier alpha value is -0.660. The molecule has 1 aliphatic carbocycles. The molecule has 3 aliphatic rings. The molecule has 18 heavy (non-hydrogen) atoms. The van der Waals surface area contributed by atoms with Gasteiger partial charge in [0.1, 0.15) is 5.54 Å². The normalized spacial score (nSPS) is 31.2. The minimum atomic E-state index is -3.60. The number of nitrogens with zero attached hydrogens (tertiary/aromatic N) is 2. The van der Waals surface area contributed by atoms with Gasteiger partial charge in [-0.3, -0.25) is 4.79 Å². The second kappa shape index (κ2) is 3.91. The molecule has 1 saturated carbocycles. The van der Waals surface area contributed by atoms with E-state index in [1.165, 1.54) is 19.9 Å². The van der Waals surface area contributed by atoms with E-state index >= 15 is 0 Å². The first-order valence-electron chi connectivity index (χ1n) is 6.48. The van der Waals surface area contributed by atoms with Gasteiger partial charge in [0.25, 0.3) is 5.91 Å². The van der Waals surface area contributed by atoms with Crippen molar-refractivity contribution < 1.29 is 13.2 Å². The van der Waals surface area contributed by atoms with Crippen LogP contribution in [0, 0.1) is 5.92 Å². The molecule has 2 aliphatic heterocycles. The molecule has 2 saturated heterocycles. The molecule has 0 atom stereocenters. The van der Waals surface area contributed by atoms with E-state index in [9.17, 15) is 13.2 Å². The van der Waals surface area contributed by atoms with Crippen molar-refractivity contribution in [2.45, 2.75) is 31.2 Å². The summed E-state index contributed by atoms with van der Waals surface area (Å²) in [7, 11) is -2.27. The molecule has 0 unspecified atom stereocenters. The average Bonchev–Trinajstić information content (AvgIpc) is 3.10. The highest BCUT2D eigenvalue weighted by Gasteiger charge is 2.54. The predicted octanol–water partition coefficient (Wildman–Crippen LogP) is -0.463. The molecule has 1 spiro atoms. The summed E-state index contributed by atoms with van der Waals surface area (Å²) >= 11 is 0. The van der Waals surface area contributed by atoms with Crippen LogP contribution in [0.2, 0.25) is 0 Å². The maximum atomic E-state index is 12.1. The van der Waals surface area contributed by atoms with E-state index in [1.807, 2.05) is 0 Å². The number of hydrogen-bond donors (Lipinski definition) is 1. The first-order valence-corrected chi connectivity index (χ1v) is 7.92. The third-order valence-electron chi connectivity index (χ3n) is 4.30. The van der Waals surface area contributed by atoms with Crippen LogP contribution in [0.5, 0.6) is 0 Å². The van der Waals surface area contributed by atoms with E-state index in [1.54, 1.807) is 0 Å². The number of rotatable bonds is 2. The van der Waals surface area contributed by atoms with Crippen molar-refractivity contribution >= 4 is 16.1 Å². The predicted molar refractivity (Wildman–Crippen MR) is 66.0 cm³/mol. The molecular formula is C11H19N3O3S. The Morgan fingerprint density at radius 3 is 2.39 bits per heavy atom. The van der Waals surface area contributed by atoms with Crippen molar-refractivity contribution in [1.29, 1.82) is 0 Å². The van der Waals surface area contributed by atoms with Gasteiger partial charge in [0.05, 0.1) is 0 Å². The van der Waals surface area contributed by atoms with E-state index in [0.717, 1.165) is 29.9 Å². The lowest BCUT2D eigenvalue weighted by Gasteiger charge is -2.36. The summed E-state index contributed by atoms with van der Waals surface area (Å²) in [5.74, 6) is 0.534. The fraction of sp³-hybridized carbons (Fsp3) is 0.909. The largest absolute Gasteiger partial charge is 0.304 e. The standard InChI is InChI=1S/C11H19N3O3S/c1-13-10(15)11(12-18(13,16)17)4-6-14(7-5-11)8-9-2-3-9/h9,12H,2-8H2,1H3. The van der Waals surface area contributed by atoms with E-state index in [-0.39, 0.29) is 5.91 Å². The van der Waals surface area contributed by atoms with Crippen LogP contribution in [0.25, 0.3) is 0 Å². The lowest BCUT2D eigenvalue weighted by Crippen LogP contribution is -2.55. The molecule has 1 amide bonds. The van der Waals surface area contributed by atoms with Crippen LogP contribution >= 0.6 is 0 Å². The molecular weight excluding hydrogens is 254 g/mol. The van der Waals surface area contributed by atoms with Crippen molar-refractivity contribution in [1.82, 2.24) is 13.9 Å². The molecule has 0 aromatic heterocycles. The van der Waals surface area contributed by atoms with Crippen LogP contribution < -0.4 is 4.72 Å². The number of carbonyl (C=O) groups excluding carboxylic acids is 1. The Balaban J connectivity index is 1.69. The van der Waals surface area contributed by atoms with Gasteiger partial charge in [-0.05, 0) is 31.6 Å². The molecule has 3 fully saturated rings. The van der Waals surface area contributed by atoms with Crippen LogP contribution in [0.15, 0.2) is 0 Å². The molecule has 2 heterocycles. The van der Waals surface area contributed by atoms with Crippen LogP contribution in [0.3, 0.4) is 0 Å². The number of likely N-dealkylation sites (tertiary alicyclic amines) is 1. The monoisotopic (exact) mass is 273 g/mol. The van der Waals surface area contributed by atoms with Crippen LogP contribution in [-0.4, -0.2) is 55.8 Å². The third-order valence-corrected chi connectivity index (χ3v) is 5.84. The zero-order valence-corrected chi connectivity index (χ0v) is 11.4. The Morgan fingerprint density at radius 1 is 1.33 bits per heavy atom. The topological polar surface area (TPSA) is 69.7 Å². The van der Waals surface area contributed by atoms with E-state index in [2.05, 4.69) is 9.62 Å². The molecule has 6 nitrogen and oxygen atoms in total. The van der Waals surface area contributed by atoms with E-state index < -0.39 is 15.7 Å². The third kappa shape index (κ3) is 1.94. The molecule has 1 N–H and O–H groups in total. The fourth-order valence-electron chi connectivity index (χ4n) is 2.87. The quantitative estimate of drug-likeness (QED) is 0.739. The highest BCUT2D eigenvalue weighted by Crippen LogP contribution is 2.34. The van der Waals surface area contributed by atoms with Gasteiger partial charge in [0, 0.05) is 26.7 Å². The molecule has 0 aromatic carbocycles. The molecule has 0 radical (unpaired) electrons. The number of amides is 1. The zero-order valence-electron chi connectivity index (χ0n) is 10.6. The maximum Gasteiger partial charge on any atom is 0.304 e. The molecule has 0 aromatic rings. The van der Waals surface area contributed by atoms with Gasteiger partial charge in [-0.2, -0.15) is 13.1 Å². The Bertz CT molecular complexity index is 464. The summed E-state index contributed by atoms with van der Waals surface area (Å²) in [4.78, 5) is 14.5. The summed E-state index contributed by atoms with van der Waals surface area (Å²) in [6.07, 6.45) is 3.80. The lowest BCUT2D eigenvalue weighted by molar-refractivity contribution is -0.131. The van der Waals surface area contributed by atoms with E-state index in [4.69, 9.17) is 0 Å². The molecule has 0 bridgehead atoms. The van der Waals surface area contributed by atoms with Gasteiger partial charge < -0.3 is 4.90 Å². The second-order valence-corrected chi connectivity index (χ2v) is 7.41. The molecule has 7 heteroatoms. The van der Waals surface area contributed by atoms with Crippen LogP contribution in [0.1, 0.15) is 25.7 Å². The molecule has 3 rings (SSSR count). The Morgan fingerprint density at radius 2 is 1.94 bits per heavy atom. The zero-order chi connectivity index (χ0) is 13.0. The van der Waals surface area contributed by atoms with Gasteiger partial charge in [0.15, 0.2) is 0 Å². The summed E-state index contributed by atoms with van der Waals surface area (Å²) < 4.78 is 26.8.